The first-order valence-electron chi connectivity index (χ1n) is 5.70. The van der Waals surface area contributed by atoms with Crippen LogP contribution >= 0.6 is 28.1 Å². The minimum Gasteiger partial charge on any atom is -0.264 e. The molecule has 2 aromatic heterocycles. The zero-order chi connectivity index (χ0) is 14.1. The molecule has 3 rings (SSSR count). The summed E-state index contributed by atoms with van der Waals surface area (Å²) < 4.78 is 16.6. The van der Waals surface area contributed by atoms with Gasteiger partial charge in [0.05, 0.1) is 5.69 Å². The molecule has 2 heterocycles. The molecule has 0 aliphatic carbocycles. The van der Waals surface area contributed by atoms with Crippen molar-refractivity contribution < 1.29 is 4.39 Å². The average Bonchev–Trinajstić information content (AvgIpc) is 2.82. The fraction of sp³-hybridized carbons (Fsp3) is 0. The van der Waals surface area contributed by atoms with Crippen LogP contribution in [0.1, 0.15) is 0 Å². The second kappa shape index (κ2) is 5.26. The van der Waals surface area contributed by atoms with Crippen molar-refractivity contribution >= 4 is 28.1 Å². The lowest BCUT2D eigenvalue weighted by Gasteiger charge is -2.09. The van der Waals surface area contributed by atoms with E-state index in [4.69, 9.17) is 12.2 Å². The zero-order valence-corrected chi connectivity index (χ0v) is 12.4. The highest BCUT2D eigenvalue weighted by atomic mass is 79.9. The van der Waals surface area contributed by atoms with Gasteiger partial charge in [-0.2, -0.15) is 5.10 Å². The quantitative estimate of drug-likeness (QED) is 0.713. The smallest absolute Gasteiger partial charge is 0.200 e. The summed E-state index contributed by atoms with van der Waals surface area (Å²) in [6.45, 7) is 0. The van der Waals surface area contributed by atoms with Gasteiger partial charge >= 0.3 is 0 Å². The van der Waals surface area contributed by atoms with Gasteiger partial charge in [-0.25, -0.2) is 4.39 Å². The van der Waals surface area contributed by atoms with E-state index in [-0.39, 0.29) is 5.82 Å². The number of para-hydroxylation sites is 1. The Kier molecular flexibility index (Phi) is 3.45. The van der Waals surface area contributed by atoms with Crippen LogP contribution in [0.5, 0.6) is 0 Å². The zero-order valence-electron chi connectivity index (χ0n) is 10.0. The first kappa shape index (κ1) is 13.1. The predicted octanol–water partition coefficient (Wildman–Crippen LogP) is 3.89. The Morgan fingerprint density at radius 2 is 2.10 bits per heavy atom. The number of benzene rings is 1. The molecular formula is C13H8BrFN4S. The average molecular weight is 351 g/mol. The molecule has 20 heavy (non-hydrogen) atoms. The molecule has 0 aliphatic heterocycles. The Morgan fingerprint density at radius 3 is 2.80 bits per heavy atom. The van der Waals surface area contributed by atoms with E-state index >= 15 is 0 Å². The highest BCUT2D eigenvalue weighted by molar-refractivity contribution is 9.10. The third-order valence-corrected chi connectivity index (χ3v) is 3.67. The SMILES string of the molecule is Fc1cccc(Br)c1-n1c(-c2cccnc2)n[nH]c1=S. The minimum absolute atomic E-state index is 0.314. The van der Waals surface area contributed by atoms with Crippen molar-refractivity contribution in [2.24, 2.45) is 0 Å². The molecule has 1 aromatic carbocycles. The van der Waals surface area contributed by atoms with Gasteiger partial charge in [-0.3, -0.25) is 14.6 Å². The molecule has 0 unspecified atom stereocenters. The Morgan fingerprint density at radius 1 is 1.25 bits per heavy atom. The lowest BCUT2D eigenvalue weighted by Crippen LogP contribution is -2.02. The third kappa shape index (κ3) is 2.19. The van der Waals surface area contributed by atoms with Crippen LogP contribution in [0.4, 0.5) is 4.39 Å². The van der Waals surface area contributed by atoms with Crippen LogP contribution in [0, 0.1) is 10.6 Å². The van der Waals surface area contributed by atoms with Gasteiger partial charge < -0.3 is 0 Å². The van der Waals surface area contributed by atoms with E-state index in [1.165, 1.54) is 6.07 Å². The maximum Gasteiger partial charge on any atom is 0.200 e. The largest absolute Gasteiger partial charge is 0.264 e. The standard InChI is InChI=1S/C13H8BrFN4S/c14-9-4-1-5-10(15)11(9)19-12(17-18-13(19)20)8-3-2-6-16-7-8/h1-7H,(H,18,20). The van der Waals surface area contributed by atoms with E-state index < -0.39 is 0 Å². The molecule has 3 aromatic rings. The van der Waals surface area contributed by atoms with Gasteiger partial charge in [0.25, 0.3) is 0 Å². The first-order valence-corrected chi connectivity index (χ1v) is 6.91. The molecule has 0 saturated carbocycles. The molecule has 0 spiro atoms. The van der Waals surface area contributed by atoms with Crippen molar-refractivity contribution in [3.05, 3.63) is 57.8 Å². The van der Waals surface area contributed by atoms with Crippen molar-refractivity contribution in [2.75, 3.05) is 0 Å². The van der Waals surface area contributed by atoms with Crippen molar-refractivity contribution in [3.63, 3.8) is 0 Å². The van der Waals surface area contributed by atoms with Gasteiger partial charge in [0.2, 0.25) is 0 Å². The summed E-state index contributed by atoms with van der Waals surface area (Å²) in [6, 6.07) is 8.37. The summed E-state index contributed by atoms with van der Waals surface area (Å²) in [7, 11) is 0. The fourth-order valence-corrected chi connectivity index (χ4v) is 2.64. The Labute approximate surface area is 127 Å². The molecule has 100 valence electrons. The van der Waals surface area contributed by atoms with E-state index in [0.717, 1.165) is 5.56 Å². The van der Waals surface area contributed by atoms with Crippen LogP contribution in [-0.2, 0) is 0 Å². The number of halogens is 2. The van der Waals surface area contributed by atoms with E-state index in [9.17, 15) is 4.39 Å². The van der Waals surface area contributed by atoms with E-state index in [1.54, 1.807) is 35.2 Å². The molecule has 1 N–H and O–H groups in total. The number of rotatable bonds is 2. The molecule has 0 amide bonds. The van der Waals surface area contributed by atoms with Gasteiger partial charge in [-0.05, 0) is 52.4 Å². The molecule has 7 heteroatoms. The summed E-state index contributed by atoms with van der Waals surface area (Å²) >= 11 is 8.56. The lowest BCUT2D eigenvalue weighted by molar-refractivity contribution is 0.616. The predicted molar refractivity (Wildman–Crippen MR) is 79.6 cm³/mol. The van der Waals surface area contributed by atoms with Crippen LogP contribution in [-0.4, -0.2) is 19.7 Å². The molecule has 0 aliphatic rings. The number of hydrogen-bond donors (Lipinski definition) is 1. The highest BCUT2D eigenvalue weighted by Gasteiger charge is 2.16. The van der Waals surface area contributed by atoms with Crippen molar-refractivity contribution in [3.8, 4) is 17.1 Å². The summed E-state index contributed by atoms with van der Waals surface area (Å²) in [4.78, 5) is 4.04. The number of pyridine rings is 1. The first-order chi connectivity index (χ1) is 9.68. The van der Waals surface area contributed by atoms with E-state index in [1.807, 2.05) is 6.07 Å². The molecule has 0 radical (unpaired) electrons. The number of aromatic amines is 1. The summed E-state index contributed by atoms with van der Waals surface area (Å²) in [5.41, 5.74) is 1.07. The maximum atomic E-state index is 14.1. The molecule has 0 bridgehead atoms. The summed E-state index contributed by atoms with van der Waals surface area (Å²) in [5, 5.41) is 6.85. The normalized spacial score (nSPS) is 10.7. The van der Waals surface area contributed by atoms with Gasteiger partial charge in [-0.1, -0.05) is 6.07 Å². The minimum atomic E-state index is -0.387. The van der Waals surface area contributed by atoms with Crippen molar-refractivity contribution in [2.45, 2.75) is 0 Å². The Bertz CT molecular complexity index is 792. The lowest BCUT2D eigenvalue weighted by atomic mass is 10.2. The summed E-state index contributed by atoms with van der Waals surface area (Å²) in [6.07, 6.45) is 3.31. The second-order valence-corrected chi connectivity index (χ2v) is 5.24. The summed E-state index contributed by atoms with van der Waals surface area (Å²) in [5.74, 6) is 0.121. The molecule has 0 atom stereocenters. The third-order valence-electron chi connectivity index (χ3n) is 2.75. The van der Waals surface area contributed by atoms with Gasteiger partial charge in [0.1, 0.15) is 5.82 Å². The monoisotopic (exact) mass is 350 g/mol. The molecule has 0 saturated heterocycles. The number of H-pyrrole nitrogens is 1. The molecular weight excluding hydrogens is 343 g/mol. The van der Waals surface area contributed by atoms with E-state index in [2.05, 4.69) is 31.1 Å². The van der Waals surface area contributed by atoms with Gasteiger partial charge in [0.15, 0.2) is 10.6 Å². The second-order valence-electron chi connectivity index (χ2n) is 4.00. The fourth-order valence-electron chi connectivity index (χ4n) is 1.90. The van der Waals surface area contributed by atoms with Crippen LogP contribution in [0.15, 0.2) is 47.2 Å². The van der Waals surface area contributed by atoms with Crippen LogP contribution < -0.4 is 0 Å². The van der Waals surface area contributed by atoms with Crippen LogP contribution in [0.25, 0.3) is 17.1 Å². The molecule has 0 fully saturated rings. The number of hydrogen-bond acceptors (Lipinski definition) is 3. The maximum absolute atomic E-state index is 14.1. The van der Waals surface area contributed by atoms with Gasteiger partial charge in [0, 0.05) is 22.4 Å². The van der Waals surface area contributed by atoms with Crippen molar-refractivity contribution in [1.82, 2.24) is 19.7 Å². The highest BCUT2D eigenvalue weighted by Crippen LogP contribution is 2.28. The van der Waals surface area contributed by atoms with Gasteiger partial charge in [-0.15, -0.1) is 0 Å². The Balaban J connectivity index is 2.31. The topological polar surface area (TPSA) is 46.5 Å². The number of nitrogens with one attached hydrogen (secondary N) is 1. The van der Waals surface area contributed by atoms with E-state index in [0.29, 0.717) is 20.8 Å². The molecule has 4 nitrogen and oxygen atoms in total. The number of aromatic nitrogens is 4. The van der Waals surface area contributed by atoms with Crippen LogP contribution in [0.3, 0.4) is 0 Å². The van der Waals surface area contributed by atoms with Crippen LogP contribution in [0.2, 0.25) is 0 Å². The Hall–Kier alpha value is -1.86. The van der Waals surface area contributed by atoms with Crippen molar-refractivity contribution in [1.29, 1.82) is 0 Å². The number of nitrogens with zero attached hydrogens (tertiary/aromatic N) is 3.